The number of anilines is 1. The number of carbonyl (C=O) groups excluding carboxylic acids is 2. The van der Waals surface area contributed by atoms with Crippen molar-refractivity contribution < 1.29 is 27.5 Å². The molecule has 0 spiro atoms. The van der Waals surface area contributed by atoms with Crippen molar-refractivity contribution in [2.24, 2.45) is 0 Å². The van der Waals surface area contributed by atoms with E-state index in [0.29, 0.717) is 40.3 Å². The first-order valence-electron chi connectivity index (χ1n) is 12.2. The van der Waals surface area contributed by atoms with Gasteiger partial charge in [-0.05, 0) is 64.4 Å². The molecule has 1 heterocycles. The number of benzene rings is 2. The first-order valence-corrected chi connectivity index (χ1v) is 14.5. The fraction of sp³-hybridized carbons (Fsp3) is 0.462. The molecule has 0 aliphatic carbocycles. The Balaban J connectivity index is 1.98. The minimum absolute atomic E-state index is 0.0330. The lowest BCUT2D eigenvalue weighted by Gasteiger charge is -2.33. The summed E-state index contributed by atoms with van der Waals surface area (Å²) in [6, 6.07) is 8.62. The van der Waals surface area contributed by atoms with Gasteiger partial charge in [-0.2, -0.15) is 0 Å². The maximum Gasteiger partial charge on any atom is 0.244 e. The molecule has 3 rings (SSSR count). The van der Waals surface area contributed by atoms with Crippen molar-refractivity contribution in [2.75, 3.05) is 29.8 Å². The van der Waals surface area contributed by atoms with Crippen LogP contribution in [0.4, 0.5) is 5.69 Å². The van der Waals surface area contributed by atoms with E-state index < -0.39 is 34.1 Å². The van der Waals surface area contributed by atoms with Crippen LogP contribution in [-0.4, -0.2) is 62.2 Å². The van der Waals surface area contributed by atoms with E-state index in [1.807, 2.05) is 20.8 Å². The Hall–Kier alpha value is -2.69. The summed E-state index contributed by atoms with van der Waals surface area (Å²) >= 11 is 12.4. The normalized spacial score (nSPS) is 14.0. The van der Waals surface area contributed by atoms with E-state index in [2.05, 4.69) is 5.32 Å². The second-order valence-corrected chi connectivity index (χ2v) is 12.9. The molecule has 0 fully saturated rings. The number of ether oxygens (including phenoxy) is 2. The topological polar surface area (TPSA) is 105 Å². The largest absolute Gasteiger partial charge is 0.486 e. The summed E-state index contributed by atoms with van der Waals surface area (Å²) in [5.74, 6) is -0.329. The Morgan fingerprint density at radius 1 is 1.05 bits per heavy atom. The summed E-state index contributed by atoms with van der Waals surface area (Å²) in [6.07, 6.45) is 0. The van der Waals surface area contributed by atoms with Crippen molar-refractivity contribution >= 4 is 50.7 Å². The molecule has 1 aliphatic rings. The molecule has 1 aliphatic heterocycles. The van der Waals surface area contributed by atoms with Crippen molar-refractivity contribution in [1.29, 1.82) is 0 Å². The van der Waals surface area contributed by atoms with Crippen LogP contribution in [0.25, 0.3) is 0 Å². The Bertz CT molecular complexity index is 1300. The van der Waals surface area contributed by atoms with E-state index in [1.54, 1.807) is 37.3 Å². The van der Waals surface area contributed by atoms with Crippen molar-refractivity contribution in [1.82, 2.24) is 10.2 Å². The SMILES string of the molecule is CCS(=O)(=O)N(CC(=O)N(Cc1ccc(Cl)cc1Cl)[C@@H](C)C(=O)NC(C)(C)C)c1ccc2c(c1)OCCO2. The van der Waals surface area contributed by atoms with Crippen molar-refractivity contribution in [3.05, 3.63) is 52.0 Å². The molecule has 2 amide bonds. The van der Waals surface area contributed by atoms with E-state index in [0.717, 1.165) is 4.31 Å². The van der Waals surface area contributed by atoms with E-state index in [4.69, 9.17) is 32.7 Å². The van der Waals surface area contributed by atoms with Crippen molar-refractivity contribution in [3.8, 4) is 11.5 Å². The molecule has 208 valence electrons. The number of sulfonamides is 1. The molecule has 38 heavy (non-hydrogen) atoms. The smallest absolute Gasteiger partial charge is 0.244 e. The number of hydrogen-bond acceptors (Lipinski definition) is 6. The van der Waals surface area contributed by atoms with Crippen molar-refractivity contribution in [2.45, 2.75) is 52.7 Å². The second kappa shape index (κ2) is 12.0. The quantitative estimate of drug-likeness (QED) is 0.471. The lowest BCUT2D eigenvalue weighted by Crippen LogP contribution is -2.54. The molecule has 0 bridgehead atoms. The molecule has 0 aromatic heterocycles. The number of rotatable bonds is 9. The zero-order valence-electron chi connectivity index (χ0n) is 22.1. The summed E-state index contributed by atoms with van der Waals surface area (Å²) in [5.41, 5.74) is 0.269. The predicted octanol–water partition coefficient (Wildman–Crippen LogP) is 4.25. The Morgan fingerprint density at radius 3 is 2.32 bits per heavy atom. The van der Waals surface area contributed by atoms with Gasteiger partial charge in [-0.15, -0.1) is 0 Å². The highest BCUT2D eigenvalue weighted by molar-refractivity contribution is 7.92. The van der Waals surface area contributed by atoms with Gasteiger partial charge in [0.2, 0.25) is 21.8 Å². The van der Waals surface area contributed by atoms with Gasteiger partial charge in [0, 0.05) is 28.2 Å². The number of amides is 2. The number of nitrogens with zero attached hydrogens (tertiary/aromatic N) is 2. The highest BCUT2D eigenvalue weighted by Crippen LogP contribution is 2.35. The highest BCUT2D eigenvalue weighted by atomic mass is 35.5. The van der Waals surface area contributed by atoms with Gasteiger partial charge in [0.05, 0.1) is 11.4 Å². The van der Waals surface area contributed by atoms with Gasteiger partial charge in [-0.25, -0.2) is 8.42 Å². The molecule has 0 saturated carbocycles. The van der Waals surface area contributed by atoms with Crippen LogP contribution in [0.5, 0.6) is 11.5 Å². The Labute approximate surface area is 234 Å². The van der Waals surface area contributed by atoms with Crippen LogP contribution in [-0.2, 0) is 26.2 Å². The monoisotopic (exact) mass is 585 g/mol. The van der Waals surface area contributed by atoms with E-state index in [1.165, 1.54) is 17.9 Å². The van der Waals surface area contributed by atoms with Crippen LogP contribution in [0, 0.1) is 0 Å². The van der Waals surface area contributed by atoms with Gasteiger partial charge in [0.15, 0.2) is 11.5 Å². The molecular weight excluding hydrogens is 553 g/mol. The molecule has 9 nitrogen and oxygen atoms in total. The minimum Gasteiger partial charge on any atom is -0.486 e. The van der Waals surface area contributed by atoms with Crippen LogP contribution >= 0.6 is 23.2 Å². The van der Waals surface area contributed by atoms with Crippen molar-refractivity contribution in [3.63, 3.8) is 0 Å². The van der Waals surface area contributed by atoms with Gasteiger partial charge in [-0.1, -0.05) is 29.3 Å². The number of carbonyl (C=O) groups is 2. The van der Waals surface area contributed by atoms with Gasteiger partial charge in [0.25, 0.3) is 0 Å². The lowest BCUT2D eigenvalue weighted by atomic mass is 10.1. The number of fused-ring (bicyclic) bond motifs is 1. The Kier molecular flexibility index (Phi) is 9.43. The number of hydrogen-bond donors (Lipinski definition) is 1. The van der Waals surface area contributed by atoms with Gasteiger partial charge < -0.3 is 19.7 Å². The molecule has 1 N–H and O–H groups in total. The molecule has 2 aromatic rings. The molecule has 0 radical (unpaired) electrons. The average Bonchev–Trinajstić information content (AvgIpc) is 2.85. The summed E-state index contributed by atoms with van der Waals surface area (Å²) in [7, 11) is -3.88. The third kappa shape index (κ3) is 7.45. The standard InChI is InChI=1S/C26H33Cl2N3O6S/c1-6-38(34,35)31(20-9-10-22-23(14-20)37-12-11-36-22)16-24(32)30(17(2)25(33)29-26(3,4)5)15-18-7-8-19(27)13-21(18)28/h7-10,13-14,17H,6,11-12,15-16H2,1-5H3,(H,29,33)/t17-/m0/s1. The van der Waals surface area contributed by atoms with Crippen LogP contribution in [0.2, 0.25) is 10.0 Å². The predicted molar refractivity (Wildman–Crippen MR) is 149 cm³/mol. The van der Waals surface area contributed by atoms with Gasteiger partial charge >= 0.3 is 0 Å². The summed E-state index contributed by atoms with van der Waals surface area (Å²) < 4.78 is 38.4. The maximum atomic E-state index is 13.8. The lowest BCUT2D eigenvalue weighted by molar-refractivity contribution is -0.140. The van der Waals surface area contributed by atoms with Gasteiger partial charge in [0.1, 0.15) is 25.8 Å². The highest BCUT2D eigenvalue weighted by Gasteiger charge is 2.33. The molecule has 0 unspecified atom stereocenters. The van der Waals surface area contributed by atoms with E-state index >= 15 is 0 Å². The van der Waals surface area contributed by atoms with Crippen LogP contribution < -0.4 is 19.1 Å². The minimum atomic E-state index is -3.88. The van der Waals surface area contributed by atoms with Crippen LogP contribution in [0.15, 0.2) is 36.4 Å². The number of halogens is 2. The third-order valence-corrected chi connectivity index (χ3v) is 8.14. The second-order valence-electron chi connectivity index (χ2n) is 9.91. The van der Waals surface area contributed by atoms with Gasteiger partial charge in [-0.3, -0.25) is 13.9 Å². The summed E-state index contributed by atoms with van der Waals surface area (Å²) in [5, 5.41) is 3.62. The van der Waals surface area contributed by atoms with E-state index in [-0.39, 0.29) is 23.9 Å². The van der Waals surface area contributed by atoms with Crippen LogP contribution in [0.1, 0.15) is 40.2 Å². The molecule has 12 heteroatoms. The molecule has 2 aromatic carbocycles. The van der Waals surface area contributed by atoms with E-state index in [9.17, 15) is 18.0 Å². The number of nitrogens with one attached hydrogen (secondary N) is 1. The molecule has 0 saturated heterocycles. The maximum absolute atomic E-state index is 13.8. The summed E-state index contributed by atoms with van der Waals surface area (Å²) in [6.45, 7) is 8.72. The fourth-order valence-electron chi connectivity index (χ4n) is 3.80. The zero-order chi connectivity index (χ0) is 28.3. The zero-order valence-corrected chi connectivity index (χ0v) is 24.4. The Morgan fingerprint density at radius 2 is 1.71 bits per heavy atom. The summed E-state index contributed by atoms with van der Waals surface area (Å²) in [4.78, 5) is 28.2. The average molecular weight is 587 g/mol. The third-order valence-electron chi connectivity index (χ3n) is 5.81. The fourth-order valence-corrected chi connectivity index (χ4v) is 5.32. The molecule has 1 atom stereocenters. The van der Waals surface area contributed by atoms with Crippen LogP contribution in [0.3, 0.4) is 0 Å². The molecular formula is C26H33Cl2N3O6S. The first-order chi connectivity index (χ1) is 17.7. The first kappa shape index (κ1) is 29.9.